The van der Waals surface area contributed by atoms with Gasteiger partial charge in [-0.15, -0.1) is 23.1 Å². The number of rotatable bonds is 2. The minimum atomic E-state index is -0.238. The summed E-state index contributed by atoms with van der Waals surface area (Å²) in [7, 11) is 0. The van der Waals surface area contributed by atoms with E-state index in [0.29, 0.717) is 6.54 Å². The van der Waals surface area contributed by atoms with Gasteiger partial charge in [0.05, 0.1) is 12.1 Å². The van der Waals surface area contributed by atoms with Crippen molar-refractivity contribution in [2.45, 2.75) is 30.3 Å². The molecule has 3 rings (SSSR count). The van der Waals surface area contributed by atoms with Crippen LogP contribution in [0.4, 0.5) is 0 Å². The maximum atomic E-state index is 12.4. The fourth-order valence-electron chi connectivity index (χ4n) is 2.49. The van der Waals surface area contributed by atoms with Crippen LogP contribution in [0.15, 0.2) is 11.6 Å². The maximum absolute atomic E-state index is 12.4. The summed E-state index contributed by atoms with van der Waals surface area (Å²) in [5.41, 5.74) is 0. The van der Waals surface area contributed by atoms with Crippen LogP contribution >= 0.6 is 23.1 Å². The number of likely N-dealkylation sites (tertiary alicyclic amines) is 1. The summed E-state index contributed by atoms with van der Waals surface area (Å²) in [6.45, 7) is 0.710. The molecule has 0 radical (unpaired) electrons. The zero-order chi connectivity index (χ0) is 13.2. The lowest BCUT2D eigenvalue weighted by Gasteiger charge is -2.23. The van der Waals surface area contributed by atoms with Gasteiger partial charge in [-0.05, 0) is 12.8 Å². The third-order valence-electron chi connectivity index (χ3n) is 3.44. The number of thiazole rings is 1. The van der Waals surface area contributed by atoms with Gasteiger partial charge in [0, 0.05) is 23.9 Å². The third-order valence-corrected chi connectivity index (χ3v) is 5.65. The van der Waals surface area contributed by atoms with Gasteiger partial charge in [-0.3, -0.25) is 10.1 Å². The molecular formula is C12H14N4OS2. The molecule has 0 spiro atoms. The van der Waals surface area contributed by atoms with Crippen LogP contribution in [0.5, 0.6) is 0 Å². The Balaban J connectivity index is 1.65. The molecule has 7 heteroatoms. The third kappa shape index (κ3) is 2.48. The molecule has 2 aliphatic rings. The SMILES string of the molecule is N#C[C@@H]1CCCN1C(=O)[C@@H]1CSC(c2nccs2)N1. The molecule has 0 saturated carbocycles. The Morgan fingerprint density at radius 2 is 2.53 bits per heavy atom. The molecule has 1 aromatic heterocycles. The Labute approximate surface area is 120 Å². The van der Waals surface area contributed by atoms with Crippen LogP contribution in [0.3, 0.4) is 0 Å². The molecule has 3 heterocycles. The number of hydrogen-bond donors (Lipinski definition) is 1. The summed E-state index contributed by atoms with van der Waals surface area (Å²) in [5.74, 6) is 0.813. The van der Waals surface area contributed by atoms with E-state index in [4.69, 9.17) is 5.26 Å². The Morgan fingerprint density at radius 1 is 1.63 bits per heavy atom. The number of hydrogen-bond acceptors (Lipinski definition) is 6. The first-order valence-electron chi connectivity index (χ1n) is 6.26. The molecule has 0 bridgehead atoms. The summed E-state index contributed by atoms with van der Waals surface area (Å²) in [6, 6.07) is 1.79. The van der Waals surface area contributed by atoms with Crippen molar-refractivity contribution in [3.63, 3.8) is 0 Å². The van der Waals surface area contributed by atoms with E-state index >= 15 is 0 Å². The Morgan fingerprint density at radius 3 is 3.26 bits per heavy atom. The predicted octanol–water partition coefficient (Wildman–Crippen LogP) is 1.36. The first-order valence-corrected chi connectivity index (χ1v) is 8.19. The van der Waals surface area contributed by atoms with E-state index in [1.807, 2.05) is 5.38 Å². The van der Waals surface area contributed by atoms with Crippen LogP contribution in [0, 0.1) is 11.3 Å². The van der Waals surface area contributed by atoms with Gasteiger partial charge >= 0.3 is 0 Å². The Kier molecular flexibility index (Phi) is 3.73. The fourth-order valence-corrected chi connectivity index (χ4v) is 4.52. The first-order chi connectivity index (χ1) is 9.29. The summed E-state index contributed by atoms with van der Waals surface area (Å²) in [4.78, 5) is 18.4. The quantitative estimate of drug-likeness (QED) is 0.892. The predicted molar refractivity (Wildman–Crippen MR) is 74.6 cm³/mol. The van der Waals surface area contributed by atoms with E-state index < -0.39 is 0 Å². The van der Waals surface area contributed by atoms with Gasteiger partial charge in [0.1, 0.15) is 16.4 Å². The molecule has 2 fully saturated rings. The molecular weight excluding hydrogens is 280 g/mol. The number of carbonyl (C=O) groups excluding carboxylic acids is 1. The molecule has 1 unspecified atom stereocenters. The lowest BCUT2D eigenvalue weighted by atomic mass is 10.2. The highest BCUT2D eigenvalue weighted by Gasteiger charge is 2.38. The van der Waals surface area contributed by atoms with Gasteiger partial charge < -0.3 is 4.90 Å². The second-order valence-electron chi connectivity index (χ2n) is 4.62. The monoisotopic (exact) mass is 294 g/mol. The summed E-state index contributed by atoms with van der Waals surface area (Å²) in [5, 5.41) is 15.4. The molecule has 1 amide bonds. The first kappa shape index (κ1) is 12.9. The topological polar surface area (TPSA) is 69.0 Å². The van der Waals surface area contributed by atoms with Crippen LogP contribution in [-0.4, -0.2) is 40.2 Å². The second kappa shape index (κ2) is 5.49. The molecule has 19 heavy (non-hydrogen) atoms. The molecule has 2 aliphatic heterocycles. The molecule has 0 aliphatic carbocycles. The van der Waals surface area contributed by atoms with Crippen molar-refractivity contribution in [2.75, 3.05) is 12.3 Å². The van der Waals surface area contributed by atoms with Crippen molar-refractivity contribution in [2.24, 2.45) is 0 Å². The standard InChI is InChI=1S/C12H14N4OS2/c13-6-8-2-1-4-16(8)12(17)9-7-19-11(15-9)10-14-3-5-18-10/h3,5,8-9,11,15H,1-2,4,7H2/t8-,9-,11?/m0/s1. The smallest absolute Gasteiger partial charge is 0.241 e. The number of nitrogens with zero attached hydrogens (tertiary/aromatic N) is 3. The van der Waals surface area contributed by atoms with Gasteiger partial charge in [0.15, 0.2) is 0 Å². The largest absolute Gasteiger partial charge is 0.325 e. The van der Waals surface area contributed by atoms with Crippen molar-refractivity contribution < 1.29 is 4.79 Å². The number of carbonyl (C=O) groups is 1. The second-order valence-corrected chi connectivity index (χ2v) is 6.69. The van der Waals surface area contributed by atoms with Crippen LogP contribution in [0.25, 0.3) is 0 Å². The minimum absolute atomic E-state index is 0.0654. The fraction of sp³-hybridized carbons (Fsp3) is 0.583. The van der Waals surface area contributed by atoms with Gasteiger partial charge in [-0.1, -0.05) is 0 Å². The summed E-state index contributed by atoms with van der Waals surface area (Å²) >= 11 is 3.31. The van der Waals surface area contributed by atoms with E-state index in [-0.39, 0.29) is 23.4 Å². The highest BCUT2D eigenvalue weighted by molar-refractivity contribution is 7.99. The van der Waals surface area contributed by atoms with Crippen molar-refractivity contribution >= 4 is 29.0 Å². The van der Waals surface area contributed by atoms with Gasteiger partial charge in [0.2, 0.25) is 5.91 Å². The lowest BCUT2D eigenvalue weighted by molar-refractivity contribution is -0.132. The van der Waals surface area contributed by atoms with E-state index in [1.165, 1.54) is 0 Å². The van der Waals surface area contributed by atoms with Crippen molar-refractivity contribution in [3.05, 3.63) is 16.6 Å². The molecule has 100 valence electrons. The molecule has 2 saturated heterocycles. The zero-order valence-electron chi connectivity index (χ0n) is 10.3. The zero-order valence-corrected chi connectivity index (χ0v) is 11.9. The molecule has 1 aromatic rings. The van der Waals surface area contributed by atoms with Gasteiger partial charge in [-0.25, -0.2) is 4.98 Å². The molecule has 0 aromatic carbocycles. The summed E-state index contributed by atoms with van der Waals surface area (Å²) < 4.78 is 0. The highest BCUT2D eigenvalue weighted by atomic mass is 32.2. The number of thioether (sulfide) groups is 1. The van der Waals surface area contributed by atoms with E-state index in [2.05, 4.69) is 16.4 Å². The molecule has 5 nitrogen and oxygen atoms in total. The van der Waals surface area contributed by atoms with Crippen LogP contribution in [-0.2, 0) is 4.79 Å². The number of nitriles is 1. The molecule has 1 N–H and O–H groups in total. The van der Waals surface area contributed by atoms with Gasteiger partial charge in [-0.2, -0.15) is 5.26 Å². The van der Waals surface area contributed by atoms with Crippen molar-refractivity contribution in [1.29, 1.82) is 5.26 Å². The van der Waals surface area contributed by atoms with E-state index in [1.54, 1.807) is 34.2 Å². The Hall–Kier alpha value is -1.10. The average molecular weight is 294 g/mol. The Bertz CT molecular complexity index is 498. The summed E-state index contributed by atoms with van der Waals surface area (Å²) in [6.07, 6.45) is 3.52. The van der Waals surface area contributed by atoms with Crippen molar-refractivity contribution in [3.8, 4) is 6.07 Å². The van der Waals surface area contributed by atoms with Crippen LogP contribution in [0.2, 0.25) is 0 Å². The lowest BCUT2D eigenvalue weighted by Crippen LogP contribution is -2.46. The number of aromatic nitrogens is 1. The van der Waals surface area contributed by atoms with E-state index in [0.717, 1.165) is 23.6 Å². The van der Waals surface area contributed by atoms with Crippen LogP contribution < -0.4 is 5.32 Å². The maximum Gasteiger partial charge on any atom is 0.241 e. The average Bonchev–Trinajstić information content (AvgIpc) is 3.16. The van der Waals surface area contributed by atoms with Crippen molar-refractivity contribution in [1.82, 2.24) is 15.2 Å². The normalized spacial score (nSPS) is 30.5. The highest BCUT2D eigenvalue weighted by Crippen LogP contribution is 2.34. The minimum Gasteiger partial charge on any atom is -0.325 e. The van der Waals surface area contributed by atoms with Crippen LogP contribution in [0.1, 0.15) is 23.2 Å². The number of nitrogens with one attached hydrogen (secondary N) is 1. The van der Waals surface area contributed by atoms with Gasteiger partial charge in [0.25, 0.3) is 0 Å². The van der Waals surface area contributed by atoms with E-state index in [9.17, 15) is 4.79 Å². The molecule has 3 atom stereocenters. The number of amides is 1.